The van der Waals surface area contributed by atoms with Crippen molar-refractivity contribution in [2.24, 2.45) is 0 Å². The number of carbonyl (C=O) groups excluding carboxylic acids is 1. The Hall–Kier alpha value is -1.75. The lowest BCUT2D eigenvalue weighted by molar-refractivity contribution is -0.0273. The van der Waals surface area contributed by atoms with Crippen LogP contribution in [0.5, 0.6) is 5.75 Å². The van der Waals surface area contributed by atoms with Gasteiger partial charge in [0.2, 0.25) is 0 Å². The third-order valence-electron chi connectivity index (χ3n) is 1.98. The second-order valence-electron chi connectivity index (χ2n) is 2.96. The molecule has 0 bridgehead atoms. The maximum absolute atomic E-state index is 11.6. The van der Waals surface area contributed by atoms with Gasteiger partial charge in [-0.3, -0.25) is 0 Å². The van der Waals surface area contributed by atoms with Gasteiger partial charge in [0.05, 0.1) is 18.4 Å². The largest absolute Gasteiger partial charge is 0.495 e. The Bertz CT molecular complexity index is 365. The zero-order chi connectivity index (χ0) is 12.0. The highest BCUT2D eigenvalue weighted by Gasteiger charge is 2.13. The van der Waals surface area contributed by atoms with E-state index >= 15 is 0 Å². The van der Waals surface area contributed by atoms with Crippen molar-refractivity contribution in [2.75, 3.05) is 26.2 Å². The summed E-state index contributed by atoms with van der Waals surface area (Å²) in [7, 11) is 1.49. The monoisotopic (exact) mass is 225 g/mol. The fourth-order valence-electron chi connectivity index (χ4n) is 1.16. The van der Waals surface area contributed by atoms with Crippen LogP contribution in [0.1, 0.15) is 17.3 Å². The van der Waals surface area contributed by atoms with Gasteiger partial charge < -0.3 is 19.9 Å². The smallest absolute Gasteiger partial charge is 0.342 e. The molecule has 0 aliphatic carbocycles. The zero-order valence-corrected chi connectivity index (χ0v) is 9.36. The molecule has 0 radical (unpaired) electrons. The first-order valence-corrected chi connectivity index (χ1v) is 4.88. The number of para-hydroxylation sites is 1. The first kappa shape index (κ1) is 12.3. The lowest BCUT2D eigenvalue weighted by atomic mass is 10.1. The summed E-state index contributed by atoms with van der Waals surface area (Å²) in [4.78, 5) is 11.6. The Kier molecular flexibility index (Phi) is 4.60. The average Bonchev–Trinajstić information content (AvgIpc) is 2.29. The van der Waals surface area contributed by atoms with Crippen molar-refractivity contribution in [1.29, 1.82) is 0 Å². The molecule has 16 heavy (non-hydrogen) atoms. The number of ether oxygens (including phenoxy) is 3. The number of hydrogen-bond donors (Lipinski definition) is 1. The van der Waals surface area contributed by atoms with Crippen molar-refractivity contribution in [2.45, 2.75) is 6.92 Å². The molecular formula is C11H15NO4. The maximum Gasteiger partial charge on any atom is 0.342 e. The SMILES string of the molecule is CCOCOC(=O)c1cccc(OC)c1N. The van der Waals surface area contributed by atoms with Gasteiger partial charge >= 0.3 is 5.97 Å². The van der Waals surface area contributed by atoms with E-state index < -0.39 is 5.97 Å². The Labute approximate surface area is 94.1 Å². The second-order valence-corrected chi connectivity index (χ2v) is 2.96. The van der Waals surface area contributed by atoms with Crippen LogP contribution in [0.4, 0.5) is 5.69 Å². The number of esters is 1. The summed E-state index contributed by atoms with van der Waals surface area (Å²) < 4.78 is 14.8. The Morgan fingerprint density at radius 2 is 2.19 bits per heavy atom. The van der Waals surface area contributed by atoms with Crippen LogP contribution in [-0.4, -0.2) is 26.5 Å². The Morgan fingerprint density at radius 3 is 2.81 bits per heavy atom. The minimum absolute atomic E-state index is 0.0774. The van der Waals surface area contributed by atoms with Crippen LogP contribution in [0.25, 0.3) is 0 Å². The highest BCUT2D eigenvalue weighted by molar-refractivity contribution is 5.96. The van der Waals surface area contributed by atoms with Crippen LogP contribution in [0.3, 0.4) is 0 Å². The molecule has 0 unspecified atom stereocenters. The Balaban J connectivity index is 2.75. The minimum Gasteiger partial charge on any atom is -0.495 e. The number of nitrogens with two attached hydrogens (primary N) is 1. The molecule has 0 aliphatic heterocycles. The molecule has 0 amide bonds. The molecule has 0 saturated heterocycles. The molecule has 1 aromatic rings. The van der Waals surface area contributed by atoms with Crippen molar-refractivity contribution in [1.82, 2.24) is 0 Å². The van der Waals surface area contributed by atoms with Crippen LogP contribution in [0.15, 0.2) is 18.2 Å². The van der Waals surface area contributed by atoms with Gasteiger partial charge in [-0.15, -0.1) is 0 Å². The standard InChI is InChI=1S/C11H15NO4/c1-3-15-7-16-11(13)8-5-4-6-9(14-2)10(8)12/h4-6H,3,7,12H2,1-2H3. The zero-order valence-electron chi connectivity index (χ0n) is 9.36. The minimum atomic E-state index is -0.523. The highest BCUT2D eigenvalue weighted by Crippen LogP contribution is 2.25. The van der Waals surface area contributed by atoms with Gasteiger partial charge in [-0.25, -0.2) is 4.79 Å². The third-order valence-corrected chi connectivity index (χ3v) is 1.98. The molecule has 88 valence electrons. The third kappa shape index (κ3) is 2.87. The topological polar surface area (TPSA) is 70.8 Å². The molecule has 5 nitrogen and oxygen atoms in total. The molecule has 0 spiro atoms. The number of anilines is 1. The van der Waals surface area contributed by atoms with E-state index in [1.165, 1.54) is 7.11 Å². The van der Waals surface area contributed by atoms with Crippen molar-refractivity contribution >= 4 is 11.7 Å². The maximum atomic E-state index is 11.6. The second kappa shape index (κ2) is 5.97. The summed E-state index contributed by atoms with van der Waals surface area (Å²) in [6, 6.07) is 4.92. The normalized spacial score (nSPS) is 9.88. The van der Waals surface area contributed by atoms with Gasteiger partial charge in [0.15, 0.2) is 6.79 Å². The molecule has 0 atom stereocenters. The molecule has 0 fully saturated rings. The summed E-state index contributed by atoms with van der Waals surface area (Å²) >= 11 is 0. The first-order chi connectivity index (χ1) is 7.70. The van der Waals surface area contributed by atoms with E-state index in [0.29, 0.717) is 12.4 Å². The molecule has 0 heterocycles. The number of rotatable bonds is 5. The summed E-state index contributed by atoms with van der Waals surface area (Å²) in [5.74, 6) is -0.0734. The molecule has 0 aliphatic rings. The van der Waals surface area contributed by atoms with Gasteiger partial charge in [0, 0.05) is 6.61 Å². The lowest BCUT2D eigenvalue weighted by Crippen LogP contribution is -2.11. The fourth-order valence-corrected chi connectivity index (χ4v) is 1.16. The van der Waals surface area contributed by atoms with Gasteiger partial charge in [-0.05, 0) is 19.1 Å². The van der Waals surface area contributed by atoms with E-state index in [2.05, 4.69) is 0 Å². The first-order valence-electron chi connectivity index (χ1n) is 4.88. The average molecular weight is 225 g/mol. The number of benzene rings is 1. The van der Waals surface area contributed by atoms with E-state index in [9.17, 15) is 4.79 Å². The molecule has 0 saturated carbocycles. The molecule has 5 heteroatoms. The van der Waals surface area contributed by atoms with E-state index in [0.717, 1.165) is 0 Å². The van der Waals surface area contributed by atoms with Gasteiger partial charge in [-0.2, -0.15) is 0 Å². The van der Waals surface area contributed by atoms with Crippen molar-refractivity contribution < 1.29 is 19.0 Å². The van der Waals surface area contributed by atoms with Gasteiger partial charge in [-0.1, -0.05) is 6.07 Å². The van der Waals surface area contributed by atoms with Crippen LogP contribution in [0.2, 0.25) is 0 Å². The van der Waals surface area contributed by atoms with E-state index in [1.807, 2.05) is 6.92 Å². The molecule has 1 aromatic carbocycles. The number of methoxy groups -OCH3 is 1. The molecule has 2 N–H and O–H groups in total. The Morgan fingerprint density at radius 1 is 1.44 bits per heavy atom. The van der Waals surface area contributed by atoms with Crippen LogP contribution < -0.4 is 10.5 Å². The summed E-state index contributed by atoms with van der Waals surface area (Å²) in [6.45, 7) is 2.22. The van der Waals surface area contributed by atoms with E-state index in [1.54, 1.807) is 18.2 Å². The predicted molar refractivity (Wildman–Crippen MR) is 59.3 cm³/mol. The fraction of sp³-hybridized carbons (Fsp3) is 0.364. The predicted octanol–water partition coefficient (Wildman–Crippen LogP) is 1.43. The summed E-state index contributed by atoms with van der Waals surface area (Å²) in [5, 5.41) is 0. The van der Waals surface area contributed by atoms with Crippen LogP contribution in [-0.2, 0) is 9.47 Å². The molecule has 0 aromatic heterocycles. The number of nitrogen functional groups attached to an aromatic ring is 1. The van der Waals surface area contributed by atoms with Crippen molar-refractivity contribution in [3.8, 4) is 5.75 Å². The number of carbonyl (C=O) groups is 1. The van der Waals surface area contributed by atoms with Crippen LogP contribution in [0, 0.1) is 0 Å². The summed E-state index contributed by atoms with van der Waals surface area (Å²) in [6.07, 6.45) is 0. The summed E-state index contributed by atoms with van der Waals surface area (Å²) in [5.41, 5.74) is 6.28. The van der Waals surface area contributed by atoms with Crippen LogP contribution >= 0.6 is 0 Å². The van der Waals surface area contributed by atoms with Crippen molar-refractivity contribution in [3.63, 3.8) is 0 Å². The van der Waals surface area contributed by atoms with Gasteiger partial charge in [0.25, 0.3) is 0 Å². The van der Waals surface area contributed by atoms with E-state index in [-0.39, 0.29) is 18.0 Å². The highest BCUT2D eigenvalue weighted by atomic mass is 16.7. The number of hydrogen-bond acceptors (Lipinski definition) is 5. The molecule has 1 rings (SSSR count). The van der Waals surface area contributed by atoms with Crippen molar-refractivity contribution in [3.05, 3.63) is 23.8 Å². The quantitative estimate of drug-likeness (QED) is 0.355. The lowest BCUT2D eigenvalue weighted by Gasteiger charge is -2.09. The van der Waals surface area contributed by atoms with Gasteiger partial charge in [0.1, 0.15) is 5.75 Å². The molecular weight excluding hydrogens is 210 g/mol. The van der Waals surface area contributed by atoms with E-state index in [4.69, 9.17) is 19.9 Å².